The van der Waals surface area contributed by atoms with Gasteiger partial charge in [-0.25, -0.2) is 9.97 Å². The van der Waals surface area contributed by atoms with Crippen LogP contribution in [0.15, 0.2) is 36.8 Å². The molecule has 0 radical (unpaired) electrons. The number of hydrogen-bond donors (Lipinski definition) is 3. The molecule has 0 atom stereocenters. The van der Waals surface area contributed by atoms with Crippen LogP contribution in [0.3, 0.4) is 0 Å². The number of ether oxygens (including phenoxy) is 1. The first kappa shape index (κ1) is 22.7. The lowest BCUT2D eigenvalue weighted by Crippen LogP contribution is -2.46. The zero-order chi connectivity index (χ0) is 23.6. The van der Waals surface area contributed by atoms with E-state index in [0.717, 1.165) is 11.3 Å². The van der Waals surface area contributed by atoms with E-state index in [4.69, 9.17) is 10.5 Å². The Labute approximate surface area is 192 Å². The molecular weight excluding hydrogens is 424 g/mol. The van der Waals surface area contributed by atoms with Crippen molar-refractivity contribution >= 4 is 28.8 Å². The number of aromatic nitrogens is 2. The molecule has 1 fully saturated rings. The molecule has 3 heterocycles. The maximum Gasteiger partial charge on any atom is 0.261 e. The summed E-state index contributed by atoms with van der Waals surface area (Å²) in [5.41, 5.74) is 7.80. The predicted molar refractivity (Wildman–Crippen MR) is 123 cm³/mol. The van der Waals surface area contributed by atoms with Gasteiger partial charge in [-0.2, -0.15) is 0 Å². The Morgan fingerprint density at radius 2 is 1.97 bits per heavy atom. The number of fused-ring (bicyclic) bond motifs is 1. The molecule has 0 saturated carbocycles. The molecule has 10 nitrogen and oxygen atoms in total. The molecule has 0 aliphatic carbocycles. The number of aliphatic hydroxyl groups is 1. The van der Waals surface area contributed by atoms with Gasteiger partial charge in [0.25, 0.3) is 11.8 Å². The van der Waals surface area contributed by atoms with Crippen molar-refractivity contribution in [2.45, 2.75) is 25.9 Å². The van der Waals surface area contributed by atoms with Gasteiger partial charge in [0.1, 0.15) is 0 Å². The molecule has 2 amide bonds. The van der Waals surface area contributed by atoms with Crippen LogP contribution >= 0.6 is 0 Å². The SMILES string of the molecule is CC(C)(CO)N1Cc2cc(NC(=O)/C(=C/N)c3ncccn3)c(N3CCOCC3)cc2C1=O. The summed E-state index contributed by atoms with van der Waals surface area (Å²) in [5, 5.41) is 12.7. The summed E-state index contributed by atoms with van der Waals surface area (Å²) in [4.78, 5) is 38.2. The number of aliphatic hydroxyl groups excluding tert-OH is 1. The molecule has 4 N–H and O–H groups in total. The van der Waals surface area contributed by atoms with Crippen LogP contribution < -0.4 is 16.0 Å². The van der Waals surface area contributed by atoms with Crippen molar-refractivity contribution in [1.29, 1.82) is 0 Å². The Balaban J connectivity index is 1.71. The van der Waals surface area contributed by atoms with Crippen molar-refractivity contribution in [2.75, 3.05) is 43.1 Å². The molecule has 0 unspecified atom stereocenters. The van der Waals surface area contributed by atoms with E-state index in [1.165, 1.54) is 18.6 Å². The number of rotatable bonds is 6. The van der Waals surface area contributed by atoms with E-state index >= 15 is 0 Å². The largest absolute Gasteiger partial charge is 0.404 e. The molecule has 2 aliphatic heterocycles. The minimum Gasteiger partial charge on any atom is -0.404 e. The van der Waals surface area contributed by atoms with Crippen LogP contribution in [0.5, 0.6) is 0 Å². The van der Waals surface area contributed by atoms with Gasteiger partial charge in [0.15, 0.2) is 5.82 Å². The van der Waals surface area contributed by atoms with E-state index in [9.17, 15) is 14.7 Å². The number of nitrogens with zero attached hydrogens (tertiary/aromatic N) is 4. The average Bonchev–Trinajstić information content (AvgIpc) is 3.16. The fourth-order valence-corrected chi connectivity index (χ4v) is 3.97. The van der Waals surface area contributed by atoms with Gasteiger partial charge in [-0.05, 0) is 37.6 Å². The van der Waals surface area contributed by atoms with Crippen molar-refractivity contribution in [3.05, 3.63) is 53.7 Å². The maximum absolute atomic E-state index is 13.2. The molecule has 33 heavy (non-hydrogen) atoms. The van der Waals surface area contributed by atoms with Crippen LogP contribution in [-0.4, -0.2) is 70.2 Å². The fraction of sp³-hybridized carbons (Fsp3) is 0.391. The summed E-state index contributed by atoms with van der Waals surface area (Å²) < 4.78 is 5.47. The van der Waals surface area contributed by atoms with Gasteiger partial charge in [0.2, 0.25) is 0 Å². The van der Waals surface area contributed by atoms with Gasteiger partial charge in [0, 0.05) is 43.8 Å². The Bertz CT molecular complexity index is 1080. The van der Waals surface area contributed by atoms with Gasteiger partial charge in [-0.3, -0.25) is 9.59 Å². The highest BCUT2D eigenvalue weighted by Crippen LogP contribution is 2.37. The minimum atomic E-state index is -0.710. The number of nitrogens with two attached hydrogens (primary N) is 1. The van der Waals surface area contributed by atoms with Crippen LogP contribution in [0.1, 0.15) is 35.6 Å². The molecule has 174 valence electrons. The quantitative estimate of drug-likeness (QED) is 0.552. The number of morpholine rings is 1. The first-order valence-electron chi connectivity index (χ1n) is 10.8. The van der Waals surface area contributed by atoms with Gasteiger partial charge in [0.05, 0.1) is 42.3 Å². The second kappa shape index (κ2) is 9.16. The van der Waals surface area contributed by atoms with E-state index in [2.05, 4.69) is 20.2 Å². The molecule has 1 aromatic heterocycles. The van der Waals surface area contributed by atoms with Crippen molar-refractivity contribution in [3.8, 4) is 0 Å². The van der Waals surface area contributed by atoms with Gasteiger partial charge >= 0.3 is 0 Å². The highest BCUT2D eigenvalue weighted by Gasteiger charge is 2.38. The number of anilines is 2. The summed E-state index contributed by atoms with van der Waals surface area (Å²) >= 11 is 0. The molecular formula is C23H28N6O4. The molecule has 0 spiro atoms. The highest BCUT2D eigenvalue weighted by molar-refractivity contribution is 6.25. The second-order valence-electron chi connectivity index (χ2n) is 8.59. The second-order valence-corrected chi connectivity index (χ2v) is 8.59. The van der Waals surface area contributed by atoms with Crippen LogP contribution in [0.2, 0.25) is 0 Å². The maximum atomic E-state index is 13.2. The summed E-state index contributed by atoms with van der Waals surface area (Å²) in [6.45, 7) is 6.18. The number of amides is 2. The highest BCUT2D eigenvalue weighted by atomic mass is 16.5. The fourth-order valence-electron chi connectivity index (χ4n) is 3.97. The summed E-state index contributed by atoms with van der Waals surface area (Å²) in [5.74, 6) is -0.371. The van der Waals surface area contributed by atoms with Gasteiger partial charge < -0.3 is 30.7 Å². The Kier molecular flexibility index (Phi) is 6.30. The smallest absolute Gasteiger partial charge is 0.261 e. The number of carbonyl (C=O) groups is 2. The lowest BCUT2D eigenvalue weighted by Gasteiger charge is -2.33. The normalized spacial score (nSPS) is 16.7. The number of carbonyl (C=O) groups excluding carboxylic acids is 2. The lowest BCUT2D eigenvalue weighted by atomic mass is 10.1. The van der Waals surface area contributed by atoms with Gasteiger partial charge in [-0.15, -0.1) is 0 Å². The first-order chi connectivity index (χ1) is 15.9. The summed E-state index contributed by atoms with van der Waals surface area (Å²) in [7, 11) is 0. The molecule has 0 bridgehead atoms. The summed E-state index contributed by atoms with van der Waals surface area (Å²) in [6.07, 6.45) is 4.26. The van der Waals surface area contributed by atoms with Crippen molar-refractivity contribution in [2.24, 2.45) is 5.73 Å². The van der Waals surface area contributed by atoms with E-state index in [0.29, 0.717) is 44.1 Å². The van der Waals surface area contributed by atoms with Crippen molar-refractivity contribution in [3.63, 3.8) is 0 Å². The standard InChI is InChI=1S/C23H28N6O4/c1-23(2,14-30)29-13-15-10-18(27-21(31)17(12-24)20-25-4-3-5-26-20)19(11-16(15)22(29)32)28-6-8-33-9-7-28/h3-5,10-12,30H,6-9,13-14,24H2,1-2H3,(H,27,31)/b17-12+. The van der Waals surface area contributed by atoms with Crippen LogP contribution in [0, 0.1) is 0 Å². The minimum absolute atomic E-state index is 0.142. The Morgan fingerprint density at radius 3 is 2.61 bits per heavy atom. The van der Waals surface area contributed by atoms with E-state index in [-0.39, 0.29) is 23.9 Å². The molecule has 1 aromatic carbocycles. The third kappa shape index (κ3) is 4.39. The first-order valence-corrected chi connectivity index (χ1v) is 10.8. The number of benzene rings is 1. The van der Waals surface area contributed by atoms with Crippen LogP contribution in [-0.2, 0) is 16.1 Å². The third-order valence-electron chi connectivity index (χ3n) is 5.96. The van der Waals surface area contributed by atoms with Crippen molar-refractivity contribution in [1.82, 2.24) is 14.9 Å². The number of nitrogens with one attached hydrogen (secondary N) is 1. The molecule has 1 saturated heterocycles. The van der Waals surface area contributed by atoms with E-state index in [1.54, 1.807) is 11.0 Å². The third-order valence-corrected chi connectivity index (χ3v) is 5.96. The topological polar surface area (TPSA) is 134 Å². The predicted octanol–water partition coefficient (Wildman–Crippen LogP) is 0.978. The monoisotopic (exact) mass is 452 g/mol. The Hall–Kier alpha value is -3.50. The van der Waals surface area contributed by atoms with Crippen LogP contribution in [0.25, 0.3) is 5.57 Å². The zero-order valence-corrected chi connectivity index (χ0v) is 18.7. The van der Waals surface area contributed by atoms with Crippen molar-refractivity contribution < 1.29 is 19.4 Å². The van der Waals surface area contributed by atoms with Crippen LogP contribution in [0.4, 0.5) is 11.4 Å². The molecule has 2 aliphatic rings. The van der Waals surface area contributed by atoms with E-state index in [1.807, 2.05) is 26.0 Å². The molecule has 2 aromatic rings. The summed E-state index contributed by atoms with van der Waals surface area (Å²) in [6, 6.07) is 5.30. The molecule has 10 heteroatoms. The Morgan fingerprint density at radius 1 is 1.27 bits per heavy atom. The van der Waals surface area contributed by atoms with E-state index < -0.39 is 11.4 Å². The molecule has 4 rings (SSSR count). The average molecular weight is 453 g/mol. The lowest BCUT2D eigenvalue weighted by molar-refractivity contribution is -0.111. The number of hydrogen-bond acceptors (Lipinski definition) is 8. The van der Waals surface area contributed by atoms with Gasteiger partial charge in [-0.1, -0.05) is 0 Å². The zero-order valence-electron chi connectivity index (χ0n) is 18.7.